The second-order valence-electron chi connectivity index (χ2n) is 4.37. The monoisotopic (exact) mass is 298 g/mol. The molecule has 5 nitrogen and oxygen atoms in total. The number of hydrogen-bond donors (Lipinski definition) is 2. The van der Waals surface area contributed by atoms with Crippen LogP contribution in [0.4, 0.5) is 16.1 Å². The topological polar surface area (TPSA) is 63.0 Å². The molecule has 1 aromatic carbocycles. The minimum Gasteiger partial charge on any atom is -0.406 e. The number of hydrogen-bond acceptors (Lipinski definition) is 5. The molecule has 1 unspecified atom stereocenters. The summed E-state index contributed by atoms with van der Waals surface area (Å²) in [6.45, 7) is 4.87. The Kier molecular flexibility index (Phi) is 4.92. The van der Waals surface area contributed by atoms with E-state index in [2.05, 4.69) is 27.8 Å². The van der Waals surface area contributed by atoms with Crippen LogP contribution in [-0.4, -0.2) is 16.7 Å². The number of benzene rings is 1. The van der Waals surface area contributed by atoms with Crippen molar-refractivity contribution in [2.45, 2.75) is 26.3 Å². The third-order valence-corrected chi connectivity index (χ3v) is 3.01. The first-order valence-electron chi connectivity index (χ1n) is 6.39. The van der Waals surface area contributed by atoms with Crippen LogP contribution in [0, 0.1) is 5.82 Å². The first kappa shape index (κ1) is 14.7. The lowest BCUT2D eigenvalue weighted by Gasteiger charge is -2.07. The van der Waals surface area contributed by atoms with Crippen molar-refractivity contribution in [1.82, 2.24) is 15.5 Å². The van der Waals surface area contributed by atoms with E-state index in [0.717, 1.165) is 13.0 Å². The summed E-state index contributed by atoms with van der Waals surface area (Å²) in [6, 6.07) is 4.15. The minimum atomic E-state index is -0.394. The highest BCUT2D eigenvalue weighted by molar-refractivity contribution is 6.33. The van der Waals surface area contributed by atoms with Crippen LogP contribution in [0.25, 0.3) is 0 Å². The molecule has 1 aromatic heterocycles. The lowest BCUT2D eigenvalue weighted by atomic mass is 10.3. The van der Waals surface area contributed by atoms with Crippen LogP contribution in [0.1, 0.15) is 32.2 Å². The van der Waals surface area contributed by atoms with Gasteiger partial charge in [0.25, 0.3) is 0 Å². The van der Waals surface area contributed by atoms with Gasteiger partial charge < -0.3 is 15.1 Å². The van der Waals surface area contributed by atoms with Crippen molar-refractivity contribution in [3.05, 3.63) is 34.9 Å². The van der Waals surface area contributed by atoms with Gasteiger partial charge in [-0.3, -0.25) is 0 Å². The van der Waals surface area contributed by atoms with Gasteiger partial charge >= 0.3 is 6.01 Å². The van der Waals surface area contributed by atoms with E-state index in [1.165, 1.54) is 18.2 Å². The maximum absolute atomic E-state index is 13.1. The summed E-state index contributed by atoms with van der Waals surface area (Å²) in [6.07, 6.45) is 1.02. The van der Waals surface area contributed by atoms with E-state index < -0.39 is 5.82 Å². The molecule has 0 saturated carbocycles. The lowest BCUT2D eigenvalue weighted by molar-refractivity contribution is 0.424. The van der Waals surface area contributed by atoms with Crippen molar-refractivity contribution in [3.63, 3.8) is 0 Å². The number of anilines is 2. The zero-order valence-electron chi connectivity index (χ0n) is 11.3. The minimum absolute atomic E-state index is 0.0408. The fraction of sp³-hybridized carbons (Fsp3) is 0.385. The molecule has 0 bridgehead atoms. The zero-order chi connectivity index (χ0) is 14.5. The second-order valence-corrected chi connectivity index (χ2v) is 4.78. The van der Waals surface area contributed by atoms with Crippen molar-refractivity contribution in [2.75, 3.05) is 11.9 Å². The van der Waals surface area contributed by atoms with Crippen LogP contribution in [0.15, 0.2) is 22.6 Å². The zero-order valence-corrected chi connectivity index (χ0v) is 12.0. The molecule has 0 saturated heterocycles. The summed E-state index contributed by atoms with van der Waals surface area (Å²) in [7, 11) is 0. The number of nitrogens with zero attached hydrogens (tertiary/aromatic N) is 2. The number of nitrogens with one attached hydrogen (secondary N) is 2. The first-order valence-corrected chi connectivity index (χ1v) is 6.76. The molecule has 2 N–H and O–H groups in total. The summed E-state index contributed by atoms with van der Waals surface area (Å²) in [5.74, 6) is 0.0723. The van der Waals surface area contributed by atoms with Crippen LogP contribution < -0.4 is 10.6 Å². The average molecular weight is 299 g/mol. The van der Waals surface area contributed by atoms with Gasteiger partial charge in [0.1, 0.15) is 5.82 Å². The Hall–Kier alpha value is -1.66. The van der Waals surface area contributed by atoms with Gasteiger partial charge in [-0.1, -0.05) is 23.6 Å². The smallest absolute Gasteiger partial charge is 0.320 e. The Morgan fingerprint density at radius 1 is 1.40 bits per heavy atom. The molecule has 1 heterocycles. The highest BCUT2D eigenvalue weighted by Crippen LogP contribution is 2.26. The Labute approximate surface area is 121 Å². The normalized spacial score (nSPS) is 12.4. The summed E-state index contributed by atoms with van der Waals surface area (Å²) < 4.78 is 18.6. The van der Waals surface area contributed by atoms with E-state index in [4.69, 9.17) is 16.0 Å². The average Bonchev–Trinajstić information content (AvgIpc) is 2.89. The van der Waals surface area contributed by atoms with Gasteiger partial charge in [-0.25, -0.2) is 4.39 Å². The SMILES string of the molecule is CCCNC(C)c1nnc(Nc2cc(F)ccc2Cl)o1. The van der Waals surface area contributed by atoms with Crippen LogP contribution >= 0.6 is 11.6 Å². The fourth-order valence-electron chi connectivity index (χ4n) is 1.62. The Morgan fingerprint density at radius 2 is 2.20 bits per heavy atom. The van der Waals surface area contributed by atoms with Crippen LogP contribution in [-0.2, 0) is 0 Å². The molecule has 0 spiro atoms. The Morgan fingerprint density at radius 3 is 2.95 bits per heavy atom. The standard InChI is InChI=1S/C13H16ClFN4O/c1-3-6-16-8(2)12-18-19-13(20-12)17-11-7-9(15)4-5-10(11)14/h4-5,7-8,16H,3,6H2,1-2H3,(H,17,19). The molecule has 2 aromatic rings. The summed E-state index contributed by atoms with van der Waals surface area (Å²) in [5, 5.41) is 14.2. The van der Waals surface area contributed by atoms with Gasteiger partial charge in [-0.15, -0.1) is 5.10 Å². The van der Waals surface area contributed by atoms with Gasteiger partial charge in [-0.05, 0) is 38.1 Å². The molecule has 0 aliphatic heterocycles. The highest BCUT2D eigenvalue weighted by Gasteiger charge is 2.14. The second kappa shape index (κ2) is 6.67. The van der Waals surface area contributed by atoms with Crippen LogP contribution in [0.3, 0.4) is 0 Å². The number of halogens is 2. The van der Waals surface area contributed by atoms with Crippen molar-refractivity contribution in [3.8, 4) is 0 Å². The molecular formula is C13H16ClFN4O. The molecule has 20 heavy (non-hydrogen) atoms. The van der Waals surface area contributed by atoms with Crippen LogP contribution in [0.2, 0.25) is 5.02 Å². The molecular weight excluding hydrogens is 283 g/mol. The van der Waals surface area contributed by atoms with Gasteiger partial charge in [0.05, 0.1) is 16.8 Å². The van der Waals surface area contributed by atoms with Gasteiger partial charge in [0, 0.05) is 0 Å². The van der Waals surface area contributed by atoms with Crippen molar-refractivity contribution < 1.29 is 8.81 Å². The molecule has 108 valence electrons. The number of aromatic nitrogens is 2. The molecule has 0 aliphatic carbocycles. The van der Waals surface area contributed by atoms with E-state index >= 15 is 0 Å². The van der Waals surface area contributed by atoms with Crippen molar-refractivity contribution in [1.29, 1.82) is 0 Å². The highest BCUT2D eigenvalue weighted by atomic mass is 35.5. The summed E-state index contributed by atoms with van der Waals surface area (Å²) >= 11 is 5.95. The van der Waals surface area contributed by atoms with E-state index in [1.54, 1.807) is 0 Å². The fourth-order valence-corrected chi connectivity index (χ4v) is 1.78. The molecule has 1 atom stereocenters. The molecule has 0 fully saturated rings. The maximum atomic E-state index is 13.1. The van der Waals surface area contributed by atoms with Gasteiger partial charge in [-0.2, -0.15) is 0 Å². The van der Waals surface area contributed by atoms with E-state index in [1.807, 2.05) is 6.92 Å². The molecule has 2 rings (SSSR count). The predicted molar refractivity (Wildman–Crippen MR) is 75.7 cm³/mol. The predicted octanol–water partition coefficient (Wildman–Crippen LogP) is 3.67. The van der Waals surface area contributed by atoms with E-state index in [9.17, 15) is 4.39 Å². The molecule has 0 radical (unpaired) electrons. The third-order valence-electron chi connectivity index (χ3n) is 2.68. The molecule has 0 amide bonds. The van der Waals surface area contributed by atoms with Crippen molar-refractivity contribution in [2.24, 2.45) is 0 Å². The van der Waals surface area contributed by atoms with Crippen LogP contribution in [0.5, 0.6) is 0 Å². The lowest BCUT2D eigenvalue weighted by Crippen LogP contribution is -2.19. The largest absolute Gasteiger partial charge is 0.406 e. The van der Waals surface area contributed by atoms with Gasteiger partial charge in [0.15, 0.2) is 0 Å². The summed E-state index contributed by atoms with van der Waals surface area (Å²) in [4.78, 5) is 0. The van der Waals surface area contributed by atoms with E-state index in [-0.39, 0.29) is 12.1 Å². The van der Waals surface area contributed by atoms with Gasteiger partial charge in [0.2, 0.25) is 5.89 Å². The maximum Gasteiger partial charge on any atom is 0.320 e. The molecule has 7 heteroatoms. The Balaban J connectivity index is 2.07. The first-order chi connectivity index (χ1) is 9.60. The van der Waals surface area contributed by atoms with E-state index in [0.29, 0.717) is 16.6 Å². The summed E-state index contributed by atoms with van der Waals surface area (Å²) in [5.41, 5.74) is 0.385. The Bertz CT molecular complexity index is 575. The quantitative estimate of drug-likeness (QED) is 0.852. The third kappa shape index (κ3) is 3.68. The molecule has 0 aliphatic rings. The van der Waals surface area contributed by atoms with Crippen molar-refractivity contribution >= 4 is 23.3 Å². The number of rotatable bonds is 6.